The summed E-state index contributed by atoms with van der Waals surface area (Å²) in [5, 5.41) is 8.93. The number of aromatic nitrogens is 1. The van der Waals surface area contributed by atoms with Gasteiger partial charge in [-0.1, -0.05) is 49.4 Å². The lowest BCUT2D eigenvalue weighted by Gasteiger charge is -2.29. The van der Waals surface area contributed by atoms with Crippen LogP contribution in [0.3, 0.4) is 0 Å². The molecule has 178 valence electrons. The van der Waals surface area contributed by atoms with Gasteiger partial charge in [0.05, 0.1) is 6.10 Å². The SMILES string of the molecule is CCC(CCC1CCc2c(cccc2OCC(=O)O)C1)OC(c1ccccc1)c1ccncc1. The lowest BCUT2D eigenvalue weighted by molar-refractivity contribution is -0.139. The topological polar surface area (TPSA) is 68.7 Å². The van der Waals surface area contributed by atoms with Crippen LogP contribution in [-0.4, -0.2) is 28.8 Å². The second-order valence-corrected chi connectivity index (χ2v) is 9.00. The first-order valence-corrected chi connectivity index (χ1v) is 12.2. The number of nitrogens with zero attached hydrogens (tertiary/aromatic N) is 1. The summed E-state index contributed by atoms with van der Waals surface area (Å²) in [6.45, 7) is 1.90. The number of carbonyl (C=O) groups is 1. The third-order valence-electron chi connectivity index (χ3n) is 6.68. The molecule has 5 heteroatoms. The quantitative estimate of drug-likeness (QED) is 0.380. The van der Waals surface area contributed by atoms with E-state index in [-0.39, 0.29) is 18.8 Å². The molecule has 2 aromatic carbocycles. The van der Waals surface area contributed by atoms with Crippen molar-refractivity contribution in [2.45, 2.75) is 57.7 Å². The number of benzene rings is 2. The third kappa shape index (κ3) is 6.23. The Kier molecular flexibility index (Phi) is 8.31. The number of pyridine rings is 1. The second kappa shape index (κ2) is 11.8. The van der Waals surface area contributed by atoms with Gasteiger partial charge in [-0.15, -0.1) is 0 Å². The molecule has 3 unspecified atom stereocenters. The first-order valence-electron chi connectivity index (χ1n) is 12.2. The van der Waals surface area contributed by atoms with Crippen molar-refractivity contribution in [2.75, 3.05) is 6.61 Å². The van der Waals surface area contributed by atoms with Crippen LogP contribution in [0.5, 0.6) is 5.75 Å². The molecular weight excluding hydrogens is 426 g/mol. The molecule has 0 spiro atoms. The summed E-state index contributed by atoms with van der Waals surface area (Å²) in [6.07, 6.45) is 9.82. The van der Waals surface area contributed by atoms with Gasteiger partial charge in [0.1, 0.15) is 11.9 Å². The van der Waals surface area contributed by atoms with Crippen LogP contribution in [0.25, 0.3) is 0 Å². The molecular formula is C29H33NO4. The minimum Gasteiger partial charge on any atom is -0.482 e. The first-order chi connectivity index (χ1) is 16.6. The third-order valence-corrected chi connectivity index (χ3v) is 6.68. The molecule has 1 aliphatic carbocycles. The number of fused-ring (bicyclic) bond motifs is 1. The lowest BCUT2D eigenvalue weighted by atomic mass is 9.80. The molecule has 34 heavy (non-hydrogen) atoms. The highest BCUT2D eigenvalue weighted by Crippen LogP contribution is 2.35. The van der Waals surface area contributed by atoms with Crippen LogP contribution in [0.2, 0.25) is 0 Å². The highest BCUT2D eigenvalue weighted by atomic mass is 16.5. The lowest BCUT2D eigenvalue weighted by Crippen LogP contribution is -2.21. The molecule has 4 rings (SSSR count). The average molecular weight is 460 g/mol. The smallest absolute Gasteiger partial charge is 0.341 e. The molecule has 0 saturated carbocycles. The van der Waals surface area contributed by atoms with E-state index in [1.54, 1.807) is 0 Å². The molecule has 0 radical (unpaired) electrons. The largest absolute Gasteiger partial charge is 0.482 e. The summed E-state index contributed by atoms with van der Waals surface area (Å²) in [7, 11) is 0. The normalized spacial score (nSPS) is 16.9. The van der Waals surface area contributed by atoms with Crippen molar-refractivity contribution >= 4 is 5.97 Å². The van der Waals surface area contributed by atoms with Crippen LogP contribution in [0.15, 0.2) is 73.1 Å². The predicted octanol–water partition coefficient (Wildman–Crippen LogP) is 6.01. The van der Waals surface area contributed by atoms with Crippen molar-refractivity contribution < 1.29 is 19.4 Å². The van der Waals surface area contributed by atoms with Crippen molar-refractivity contribution in [1.82, 2.24) is 4.98 Å². The fraction of sp³-hybridized carbons (Fsp3) is 0.379. The zero-order valence-corrected chi connectivity index (χ0v) is 19.7. The van der Waals surface area contributed by atoms with E-state index in [0.29, 0.717) is 5.92 Å². The Bertz CT molecular complexity index is 1010. The molecule has 3 aromatic rings. The van der Waals surface area contributed by atoms with Crippen LogP contribution in [0, 0.1) is 5.92 Å². The molecule has 3 atom stereocenters. The molecule has 0 saturated heterocycles. The van der Waals surface area contributed by atoms with Gasteiger partial charge in [0, 0.05) is 12.4 Å². The van der Waals surface area contributed by atoms with Crippen molar-refractivity contribution in [3.05, 3.63) is 95.3 Å². The van der Waals surface area contributed by atoms with Gasteiger partial charge in [-0.05, 0) is 84.9 Å². The summed E-state index contributed by atoms with van der Waals surface area (Å²) in [4.78, 5) is 15.1. The zero-order chi connectivity index (χ0) is 23.8. The van der Waals surface area contributed by atoms with Crippen LogP contribution in [-0.2, 0) is 22.4 Å². The minimum atomic E-state index is -0.947. The molecule has 5 nitrogen and oxygen atoms in total. The van der Waals surface area contributed by atoms with Crippen LogP contribution < -0.4 is 4.74 Å². The van der Waals surface area contributed by atoms with Crippen LogP contribution in [0.4, 0.5) is 0 Å². The summed E-state index contributed by atoms with van der Waals surface area (Å²) in [6, 6.07) is 20.5. The maximum Gasteiger partial charge on any atom is 0.341 e. The van der Waals surface area contributed by atoms with E-state index in [9.17, 15) is 4.79 Å². The Labute approximate surface area is 201 Å². The Morgan fingerprint density at radius 3 is 2.56 bits per heavy atom. The highest BCUT2D eigenvalue weighted by molar-refractivity contribution is 5.68. The number of ether oxygens (including phenoxy) is 2. The second-order valence-electron chi connectivity index (χ2n) is 9.00. The van der Waals surface area contributed by atoms with Crippen molar-refractivity contribution in [3.8, 4) is 5.75 Å². The number of carboxylic acid groups (broad SMARTS) is 1. The number of hydrogen-bond acceptors (Lipinski definition) is 4. The average Bonchev–Trinajstić information content (AvgIpc) is 2.88. The molecule has 1 aliphatic rings. The molecule has 1 N–H and O–H groups in total. The Morgan fingerprint density at radius 2 is 1.82 bits per heavy atom. The van der Waals surface area contributed by atoms with Gasteiger partial charge in [-0.3, -0.25) is 4.98 Å². The summed E-state index contributed by atoms with van der Waals surface area (Å²) < 4.78 is 12.2. The first kappa shape index (κ1) is 24.0. The van der Waals surface area contributed by atoms with E-state index in [2.05, 4.69) is 42.2 Å². The van der Waals surface area contributed by atoms with Gasteiger partial charge in [0.25, 0.3) is 0 Å². The summed E-state index contributed by atoms with van der Waals surface area (Å²) in [5.41, 5.74) is 4.74. The molecule has 0 aliphatic heterocycles. The zero-order valence-electron chi connectivity index (χ0n) is 19.7. The van der Waals surface area contributed by atoms with E-state index >= 15 is 0 Å². The maximum absolute atomic E-state index is 10.9. The molecule has 1 heterocycles. The van der Waals surface area contributed by atoms with E-state index in [4.69, 9.17) is 14.6 Å². The van der Waals surface area contributed by atoms with E-state index in [0.717, 1.165) is 55.4 Å². The van der Waals surface area contributed by atoms with Gasteiger partial charge in [0.15, 0.2) is 6.61 Å². The number of carboxylic acids is 1. The van der Waals surface area contributed by atoms with E-state index in [1.165, 1.54) is 11.1 Å². The molecule has 0 bridgehead atoms. The Balaban J connectivity index is 1.39. The predicted molar refractivity (Wildman–Crippen MR) is 132 cm³/mol. The summed E-state index contributed by atoms with van der Waals surface area (Å²) >= 11 is 0. The van der Waals surface area contributed by atoms with Crippen molar-refractivity contribution in [3.63, 3.8) is 0 Å². The number of rotatable bonds is 11. The summed E-state index contributed by atoms with van der Waals surface area (Å²) in [5.74, 6) is 0.365. The Hall–Kier alpha value is -3.18. The standard InChI is InChI=1S/C29H33NO4/c1-2-25(34-29(22-7-4-3-5-8-22)23-15-17-30-18-16-23)13-11-21-12-14-26-24(19-21)9-6-10-27(26)33-20-28(31)32/h3-10,15-18,21,25,29H,2,11-14,19-20H2,1H3,(H,31,32). The van der Waals surface area contributed by atoms with E-state index in [1.807, 2.05) is 42.7 Å². The molecule has 1 aromatic heterocycles. The Morgan fingerprint density at radius 1 is 1.06 bits per heavy atom. The van der Waals surface area contributed by atoms with Crippen molar-refractivity contribution in [2.24, 2.45) is 5.92 Å². The fourth-order valence-electron chi connectivity index (χ4n) is 4.87. The number of hydrogen-bond donors (Lipinski definition) is 1. The van der Waals surface area contributed by atoms with Crippen LogP contribution >= 0.6 is 0 Å². The van der Waals surface area contributed by atoms with Crippen molar-refractivity contribution in [1.29, 1.82) is 0 Å². The van der Waals surface area contributed by atoms with Gasteiger partial charge in [0.2, 0.25) is 0 Å². The fourth-order valence-corrected chi connectivity index (χ4v) is 4.87. The molecule has 0 fully saturated rings. The monoisotopic (exact) mass is 459 g/mol. The van der Waals surface area contributed by atoms with Gasteiger partial charge in [-0.25, -0.2) is 4.79 Å². The maximum atomic E-state index is 10.9. The molecule has 0 amide bonds. The van der Waals surface area contributed by atoms with E-state index < -0.39 is 5.97 Å². The van der Waals surface area contributed by atoms with Crippen LogP contribution in [0.1, 0.15) is 61.0 Å². The van der Waals surface area contributed by atoms with Gasteiger partial charge >= 0.3 is 5.97 Å². The van der Waals surface area contributed by atoms with Gasteiger partial charge < -0.3 is 14.6 Å². The minimum absolute atomic E-state index is 0.102. The number of aliphatic carboxylic acids is 1. The highest BCUT2D eigenvalue weighted by Gasteiger charge is 2.24. The van der Waals surface area contributed by atoms with Gasteiger partial charge in [-0.2, -0.15) is 0 Å².